The van der Waals surface area contributed by atoms with E-state index in [1.165, 1.54) is 6.21 Å². The van der Waals surface area contributed by atoms with Gasteiger partial charge < -0.3 is 9.47 Å². The average Bonchev–Trinajstić information content (AvgIpc) is 2.73. The summed E-state index contributed by atoms with van der Waals surface area (Å²) in [6.07, 6.45) is 1.42. The molecule has 0 unspecified atom stereocenters. The Labute approximate surface area is 170 Å². The third-order valence-corrected chi connectivity index (χ3v) is 5.39. The highest BCUT2D eigenvalue weighted by Gasteiger charge is 2.12. The fraction of sp³-hybridized carbons (Fsp3) is 0.136. The SMILES string of the molecule is COc1cccc(COc2ccccc2/C=N\NS(=O)(=O)c2ccc(C)cc2)c1. The van der Waals surface area contributed by atoms with E-state index in [4.69, 9.17) is 9.47 Å². The Morgan fingerprint density at radius 3 is 2.52 bits per heavy atom. The van der Waals surface area contributed by atoms with Gasteiger partial charge in [0.05, 0.1) is 18.2 Å². The van der Waals surface area contributed by atoms with Crippen LogP contribution in [0, 0.1) is 6.92 Å². The summed E-state index contributed by atoms with van der Waals surface area (Å²) >= 11 is 0. The van der Waals surface area contributed by atoms with Crippen molar-refractivity contribution in [1.82, 2.24) is 4.83 Å². The molecule has 0 aliphatic rings. The van der Waals surface area contributed by atoms with Crippen molar-refractivity contribution in [1.29, 1.82) is 0 Å². The van der Waals surface area contributed by atoms with E-state index < -0.39 is 10.0 Å². The summed E-state index contributed by atoms with van der Waals surface area (Å²) in [5.74, 6) is 1.35. The Hall–Kier alpha value is -3.32. The van der Waals surface area contributed by atoms with Crippen molar-refractivity contribution in [3.63, 3.8) is 0 Å². The van der Waals surface area contributed by atoms with Crippen LogP contribution >= 0.6 is 0 Å². The first-order chi connectivity index (χ1) is 14.0. The molecule has 29 heavy (non-hydrogen) atoms. The maximum atomic E-state index is 12.3. The van der Waals surface area contributed by atoms with Gasteiger partial charge in [-0.15, -0.1) is 0 Å². The fourth-order valence-corrected chi connectivity index (χ4v) is 3.37. The molecule has 0 fully saturated rings. The van der Waals surface area contributed by atoms with E-state index in [1.54, 1.807) is 43.5 Å². The number of sulfonamides is 1. The quantitative estimate of drug-likeness (QED) is 0.451. The Morgan fingerprint density at radius 2 is 1.76 bits per heavy atom. The molecule has 0 aliphatic carbocycles. The van der Waals surface area contributed by atoms with Crippen molar-refractivity contribution in [2.24, 2.45) is 5.10 Å². The lowest BCUT2D eigenvalue weighted by Gasteiger charge is -2.10. The second-order valence-corrected chi connectivity index (χ2v) is 8.00. The Morgan fingerprint density at radius 1 is 1.00 bits per heavy atom. The minimum Gasteiger partial charge on any atom is -0.497 e. The third-order valence-electron chi connectivity index (χ3n) is 4.16. The van der Waals surface area contributed by atoms with Crippen LogP contribution in [-0.4, -0.2) is 21.7 Å². The summed E-state index contributed by atoms with van der Waals surface area (Å²) in [6, 6.07) is 21.4. The minimum atomic E-state index is -3.73. The molecule has 0 aromatic heterocycles. The van der Waals surface area contributed by atoms with Crippen LogP contribution in [0.1, 0.15) is 16.7 Å². The molecule has 150 valence electrons. The van der Waals surface area contributed by atoms with Crippen LogP contribution in [-0.2, 0) is 16.6 Å². The first-order valence-corrected chi connectivity index (χ1v) is 10.4. The number of methoxy groups -OCH3 is 1. The number of benzene rings is 3. The normalized spacial score (nSPS) is 11.4. The molecule has 0 amide bonds. The Kier molecular flexibility index (Phi) is 6.51. The number of hydrazone groups is 1. The van der Waals surface area contributed by atoms with Gasteiger partial charge in [-0.3, -0.25) is 0 Å². The highest BCUT2D eigenvalue weighted by atomic mass is 32.2. The van der Waals surface area contributed by atoms with Crippen molar-refractivity contribution in [2.75, 3.05) is 7.11 Å². The molecule has 6 nitrogen and oxygen atoms in total. The number of aryl methyl sites for hydroxylation is 1. The molecule has 7 heteroatoms. The van der Waals surface area contributed by atoms with Gasteiger partial charge in [0.1, 0.15) is 18.1 Å². The molecule has 0 spiro atoms. The molecule has 0 bridgehead atoms. The van der Waals surface area contributed by atoms with Crippen LogP contribution in [0.4, 0.5) is 0 Å². The number of hydrogen-bond acceptors (Lipinski definition) is 5. The van der Waals surface area contributed by atoms with Gasteiger partial charge in [-0.2, -0.15) is 13.5 Å². The molecular weight excluding hydrogens is 388 g/mol. The van der Waals surface area contributed by atoms with Crippen LogP contribution in [0.5, 0.6) is 11.5 Å². The van der Waals surface area contributed by atoms with E-state index in [2.05, 4.69) is 9.93 Å². The summed E-state index contributed by atoms with van der Waals surface area (Å²) in [7, 11) is -2.11. The van der Waals surface area contributed by atoms with Gasteiger partial charge in [-0.1, -0.05) is 42.0 Å². The number of hydrogen-bond donors (Lipinski definition) is 1. The van der Waals surface area contributed by atoms with Gasteiger partial charge in [0.25, 0.3) is 10.0 Å². The van der Waals surface area contributed by atoms with E-state index in [-0.39, 0.29) is 4.90 Å². The Bertz CT molecular complexity index is 1090. The van der Waals surface area contributed by atoms with E-state index >= 15 is 0 Å². The number of nitrogens with one attached hydrogen (secondary N) is 1. The summed E-state index contributed by atoms with van der Waals surface area (Å²) in [6.45, 7) is 2.24. The van der Waals surface area contributed by atoms with Gasteiger partial charge in [0, 0.05) is 5.56 Å². The first kappa shape index (κ1) is 20.4. The van der Waals surface area contributed by atoms with Gasteiger partial charge in [0.15, 0.2) is 0 Å². The molecule has 0 aliphatic heterocycles. The zero-order chi connectivity index (χ0) is 20.7. The average molecular weight is 410 g/mol. The van der Waals surface area contributed by atoms with E-state index in [1.807, 2.05) is 43.3 Å². The molecule has 3 rings (SSSR count). The molecule has 0 atom stereocenters. The summed E-state index contributed by atoms with van der Waals surface area (Å²) in [4.78, 5) is 2.38. The minimum absolute atomic E-state index is 0.155. The summed E-state index contributed by atoms with van der Waals surface area (Å²) in [5, 5.41) is 3.89. The van der Waals surface area contributed by atoms with Crippen LogP contribution in [0.3, 0.4) is 0 Å². The topological polar surface area (TPSA) is 77.0 Å². The van der Waals surface area contributed by atoms with Gasteiger partial charge >= 0.3 is 0 Å². The smallest absolute Gasteiger partial charge is 0.276 e. The van der Waals surface area contributed by atoms with Crippen LogP contribution in [0.15, 0.2) is 82.8 Å². The van der Waals surface area contributed by atoms with Crippen molar-refractivity contribution >= 4 is 16.2 Å². The predicted octanol–water partition coefficient (Wildman–Crippen LogP) is 3.90. The highest BCUT2D eigenvalue weighted by molar-refractivity contribution is 7.89. The van der Waals surface area contributed by atoms with Crippen molar-refractivity contribution < 1.29 is 17.9 Å². The lowest BCUT2D eigenvalue weighted by molar-refractivity contribution is 0.305. The van der Waals surface area contributed by atoms with E-state index in [9.17, 15) is 8.42 Å². The predicted molar refractivity (Wildman–Crippen MR) is 113 cm³/mol. The van der Waals surface area contributed by atoms with Crippen LogP contribution in [0.2, 0.25) is 0 Å². The molecule has 0 saturated carbocycles. The largest absolute Gasteiger partial charge is 0.497 e. The van der Waals surface area contributed by atoms with Crippen molar-refractivity contribution in [3.05, 3.63) is 89.5 Å². The second-order valence-electron chi connectivity index (χ2n) is 6.34. The molecule has 3 aromatic carbocycles. The lowest BCUT2D eigenvalue weighted by Crippen LogP contribution is -2.18. The highest BCUT2D eigenvalue weighted by Crippen LogP contribution is 2.19. The molecule has 0 radical (unpaired) electrons. The molecule has 3 aromatic rings. The maximum Gasteiger partial charge on any atom is 0.276 e. The third kappa shape index (κ3) is 5.58. The number of ether oxygens (including phenoxy) is 2. The van der Waals surface area contributed by atoms with E-state index in [0.29, 0.717) is 17.9 Å². The van der Waals surface area contributed by atoms with Crippen molar-refractivity contribution in [3.8, 4) is 11.5 Å². The first-order valence-electron chi connectivity index (χ1n) is 8.94. The molecule has 0 saturated heterocycles. The standard InChI is InChI=1S/C22H22N2O4S/c1-17-10-12-21(13-11-17)29(25,26)24-23-15-19-7-3-4-9-22(19)28-16-18-6-5-8-20(14-18)27-2/h3-15,24H,16H2,1-2H3/b23-15-. The zero-order valence-corrected chi connectivity index (χ0v) is 17.0. The van der Waals surface area contributed by atoms with Crippen LogP contribution in [0.25, 0.3) is 0 Å². The second kappa shape index (κ2) is 9.25. The van der Waals surface area contributed by atoms with E-state index in [0.717, 1.165) is 16.9 Å². The zero-order valence-electron chi connectivity index (χ0n) is 16.2. The molecular formula is C22H22N2O4S. The van der Waals surface area contributed by atoms with Gasteiger partial charge in [-0.05, 0) is 48.9 Å². The van der Waals surface area contributed by atoms with Gasteiger partial charge in [0.2, 0.25) is 0 Å². The monoisotopic (exact) mass is 410 g/mol. The van der Waals surface area contributed by atoms with Crippen LogP contribution < -0.4 is 14.3 Å². The lowest BCUT2D eigenvalue weighted by atomic mass is 10.2. The summed E-state index contributed by atoms with van der Waals surface area (Å²) < 4.78 is 35.7. The number of rotatable bonds is 8. The molecule has 1 N–H and O–H groups in total. The fourth-order valence-electron chi connectivity index (χ4n) is 2.58. The van der Waals surface area contributed by atoms with Gasteiger partial charge in [-0.25, -0.2) is 4.83 Å². The Balaban J connectivity index is 1.69. The molecule has 0 heterocycles. The number of nitrogens with zero attached hydrogens (tertiary/aromatic N) is 1. The maximum absolute atomic E-state index is 12.3. The van der Waals surface area contributed by atoms with Crippen molar-refractivity contribution in [2.45, 2.75) is 18.4 Å². The number of para-hydroxylation sites is 1. The summed E-state index contributed by atoms with van der Waals surface area (Å²) in [5.41, 5.74) is 2.59.